The third kappa shape index (κ3) is 5.38. The number of aryl methyl sites for hydroxylation is 1. The number of ketones is 1. The maximum absolute atomic E-state index is 12.3. The van der Waals surface area contributed by atoms with Gasteiger partial charge in [0.25, 0.3) is 0 Å². The first-order chi connectivity index (χ1) is 13.0. The third-order valence-electron chi connectivity index (χ3n) is 4.15. The van der Waals surface area contributed by atoms with Gasteiger partial charge in [-0.3, -0.25) is 4.79 Å². The van der Waals surface area contributed by atoms with Crippen molar-refractivity contribution in [2.45, 2.75) is 19.8 Å². The van der Waals surface area contributed by atoms with Gasteiger partial charge in [0, 0.05) is 44.4 Å². The average Bonchev–Trinajstić information content (AvgIpc) is 2.63. The minimum Gasteiger partial charge on any atom is -0.363 e. The Hall–Kier alpha value is -3.21. The molecule has 0 atom stereocenters. The first-order valence-electron chi connectivity index (χ1n) is 8.94. The standard InChI is InChI=1S/C22H24N4O/c1-16-13-21(26(2)3)25-22(23-16)24-19-11-9-18(10-12-19)15-20(27)14-17-7-5-4-6-8-17/h4-13H,14-15H2,1-3H3,(H,23,24,25). The minimum absolute atomic E-state index is 0.208. The van der Waals surface area contributed by atoms with Gasteiger partial charge in [0.15, 0.2) is 0 Å². The Bertz CT molecular complexity index is 905. The lowest BCUT2D eigenvalue weighted by molar-refractivity contribution is -0.117. The molecule has 27 heavy (non-hydrogen) atoms. The van der Waals surface area contributed by atoms with Crippen molar-refractivity contribution in [3.63, 3.8) is 0 Å². The van der Waals surface area contributed by atoms with Gasteiger partial charge in [-0.05, 0) is 30.2 Å². The molecule has 0 unspecified atom stereocenters. The van der Waals surface area contributed by atoms with Crippen LogP contribution in [0.15, 0.2) is 60.7 Å². The van der Waals surface area contributed by atoms with E-state index in [2.05, 4.69) is 15.3 Å². The van der Waals surface area contributed by atoms with Gasteiger partial charge in [-0.2, -0.15) is 4.98 Å². The van der Waals surface area contributed by atoms with Crippen LogP contribution >= 0.6 is 0 Å². The summed E-state index contributed by atoms with van der Waals surface area (Å²) in [5, 5.41) is 3.23. The molecule has 1 aromatic heterocycles. The molecular weight excluding hydrogens is 336 g/mol. The van der Waals surface area contributed by atoms with Gasteiger partial charge in [-0.1, -0.05) is 42.5 Å². The number of rotatable bonds is 7. The van der Waals surface area contributed by atoms with Crippen molar-refractivity contribution in [3.05, 3.63) is 77.5 Å². The zero-order chi connectivity index (χ0) is 19.2. The highest BCUT2D eigenvalue weighted by molar-refractivity contribution is 5.83. The highest BCUT2D eigenvalue weighted by Crippen LogP contribution is 2.18. The summed E-state index contributed by atoms with van der Waals surface area (Å²) < 4.78 is 0. The maximum atomic E-state index is 12.3. The molecule has 0 aliphatic carbocycles. The van der Waals surface area contributed by atoms with E-state index in [1.165, 1.54) is 0 Å². The van der Waals surface area contributed by atoms with Gasteiger partial charge in [-0.25, -0.2) is 4.98 Å². The van der Waals surface area contributed by atoms with E-state index in [0.29, 0.717) is 18.8 Å². The number of carbonyl (C=O) groups is 1. The summed E-state index contributed by atoms with van der Waals surface area (Å²) in [4.78, 5) is 23.1. The number of aromatic nitrogens is 2. The van der Waals surface area contributed by atoms with E-state index >= 15 is 0 Å². The van der Waals surface area contributed by atoms with E-state index in [-0.39, 0.29) is 5.78 Å². The summed E-state index contributed by atoms with van der Waals surface area (Å²) in [6.07, 6.45) is 0.895. The first-order valence-corrected chi connectivity index (χ1v) is 8.94. The average molecular weight is 360 g/mol. The molecule has 0 fully saturated rings. The summed E-state index contributed by atoms with van der Waals surface area (Å²) in [5.41, 5.74) is 3.85. The van der Waals surface area contributed by atoms with Crippen molar-refractivity contribution in [3.8, 4) is 0 Å². The smallest absolute Gasteiger partial charge is 0.229 e. The molecular formula is C22H24N4O. The lowest BCUT2D eigenvalue weighted by atomic mass is 10.0. The number of Topliss-reactive ketones (excluding diaryl/α,β-unsaturated/α-hetero) is 1. The molecule has 0 spiro atoms. The van der Waals surface area contributed by atoms with Crippen molar-refractivity contribution in [2.75, 3.05) is 24.3 Å². The molecule has 0 radical (unpaired) electrons. The molecule has 0 aliphatic heterocycles. The molecule has 2 aromatic carbocycles. The Morgan fingerprint density at radius 3 is 2.19 bits per heavy atom. The number of carbonyl (C=O) groups excluding carboxylic acids is 1. The Balaban J connectivity index is 1.63. The summed E-state index contributed by atoms with van der Waals surface area (Å²) in [7, 11) is 3.90. The fourth-order valence-electron chi connectivity index (χ4n) is 2.79. The Morgan fingerprint density at radius 1 is 0.926 bits per heavy atom. The lowest BCUT2D eigenvalue weighted by Crippen LogP contribution is -2.12. The van der Waals surface area contributed by atoms with Crippen LogP contribution in [0.5, 0.6) is 0 Å². The number of nitrogens with zero attached hydrogens (tertiary/aromatic N) is 3. The van der Waals surface area contributed by atoms with Crippen LogP contribution in [0, 0.1) is 6.92 Å². The van der Waals surface area contributed by atoms with E-state index < -0.39 is 0 Å². The summed E-state index contributed by atoms with van der Waals surface area (Å²) in [5.74, 6) is 1.62. The van der Waals surface area contributed by atoms with Crippen LogP contribution in [0.25, 0.3) is 0 Å². The largest absolute Gasteiger partial charge is 0.363 e. The van der Waals surface area contributed by atoms with E-state index in [1.807, 2.05) is 86.6 Å². The SMILES string of the molecule is Cc1cc(N(C)C)nc(Nc2ccc(CC(=O)Cc3ccccc3)cc2)n1. The van der Waals surface area contributed by atoms with Crippen LogP contribution < -0.4 is 10.2 Å². The summed E-state index contributed by atoms with van der Waals surface area (Å²) >= 11 is 0. The van der Waals surface area contributed by atoms with Gasteiger partial charge < -0.3 is 10.2 Å². The van der Waals surface area contributed by atoms with Crippen LogP contribution in [0.2, 0.25) is 0 Å². The van der Waals surface area contributed by atoms with Crippen molar-refractivity contribution >= 4 is 23.2 Å². The fourth-order valence-corrected chi connectivity index (χ4v) is 2.79. The van der Waals surface area contributed by atoms with Crippen molar-refractivity contribution in [1.82, 2.24) is 9.97 Å². The van der Waals surface area contributed by atoms with Crippen molar-refractivity contribution in [2.24, 2.45) is 0 Å². The predicted octanol–water partition coefficient (Wildman–Crippen LogP) is 3.95. The summed E-state index contributed by atoms with van der Waals surface area (Å²) in [6, 6.07) is 19.6. The van der Waals surface area contributed by atoms with E-state index in [1.54, 1.807) is 0 Å². The number of nitrogens with one attached hydrogen (secondary N) is 1. The third-order valence-corrected chi connectivity index (χ3v) is 4.15. The molecule has 0 bridgehead atoms. The Labute approximate surface area is 160 Å². The maximum Gasteiger partial charge on any atom is 0.229 e. The molecule has 0 saturated carbocycles. The van der Waals surface area contributed by atoms with Crippen molar-refractivity contribution < 1.29 is 4.79 Å². The summed E-state index contributed by atoms with van der Waals surface area (Å²) in [6.45, 7) is 1.95. The van der Waals surface area contributed by atoms with Crippen LogP contribution in [-0.4, -0.2) is 29.8 Å². The highest BCUT2D eigenvalue weighted by Gasteiger charge is 2.07. The fraction of sp³-hybridized carbons (Fsp3) is 0.227. The highest BCUT2D eigenvalue weighted by atomic mass is 16.1. The van der Waals surface area contributed by atoms with Crippen LogP contribution in [0.3, 0.4) is 0 Å². The first kappa shape index (κ1) is 18.6. The van der Waals surface area contributed by atoms with Gasteiger partial charge >= 0.3 is 0 Å². The Morgan fingerprint density at radius 2 is 1.56 bits per heavy atom. The molecule has 1 heterocycles. The molecule has 5 nitrogen and oxygen atoms in total. The second-order valence-electron chi connectivity index (χ2n) is 6.79. The molecule has 3 rings (SSSR count). The molecule has 0 saturated heterocycles. The normalized spacial score (nSPS) is 10.5. The number of hydrogen-bond donors (Lipinski definition) is 1. The van der Waals surface area contributed by atoms with Crippen molar-refractivity contribution in [1.29, 1.82) is 0 Å². The molecule has 1 N–H and O–H groups in total. The molecule has 5 heteroatoms. The van der Waals surface area contributed by atoms with Gasteiger partial charge in [-0.15, -0.1) is 0 Å². The molecule has 138 valence electrons. The minimum atomic E-state index is 0.208. The molecule has 0 aliphatic rings. The topological polar surface area (TPSA) is 58.1 Å². The van der Waals surface area contributed by atoms with E-state index in [0.717, 1.165) is 28.3 Å². The van der Waals surface area contributed by atoms with Crippen LogP contribution in [0.4, 0.5) is 17.5 Å². The Kier molecular flexibility index (Phi) is 5.81. The van der Waals surface area contributed by atoms with Crippen LogP contribution in [-0.2, 0) is 17.6 Å². The number of benzene rings is 2. The van der Waals surface area contributed by atoms with Crippen LogP contribution in [0.1, 0.15) is 16.8 Å². The quantitative estimate of drug-likeness (QED) is 0.691. The van der Waals surface area contributed by atoms with Gasteiger partial charge in [0.05, 0.1) is 0 Å². The second kappa shape index (κ2) is 8.45. The van der Waals surface area contributed by atoms with E-state index in [4.69, 9.17) is 0 Å². The zero-order valence-electron chi connectivity index (χ0n) is 15.9. The number of anilines is 3. The van der Waals surface area contributed by atoms with Gasteiger partial charge in [0.2, 0.25) is 5.95 Å². The second-order valence-corrected chi connectivity index (χ2v) is 6.79. The zero-order valence-corrected chi connectivity index (χ0v) is 15.9. The van der Waals surface area contributed by atoms with Gasteiger partial charge in [0.1, 0.15) is 11.6 Å². The lowest BCUT2D eigenvalue weighted by Gasteiger charge is -2.14. The molecule has 3 aromatic rings. The number of hydrogen-bond acceptors (Lipinski definition) is 5. The monoisotopic (exact) mass is 360 g/mol. The van der Waals surface area contributed by atoms with E-state index in [9.17, 15) is 4.79 Å². The predicted molar refractivity (Wildman–Crippen MR) is 110 cm³/mol. The molecule has 0 amide bonds.